The second-order valence-electron chi connectivity index (χ2n) is 7.71. The molecular weight excluding hydrogens is 301 g/mol. The molecule has 2 nitrogen and oxygen atoms in total. The highest BCUT2D eigenvalue weighted by molar-refractivity contribution is 5.45. The minimum atomic E-state index is -4.35. The van der Waals surface area contributed by atoms with E-state index < -0.39 is 11.7 Å². The van der Waals surface area contributed by atoms with Crippen molar-refractivity contribution in [2.45, 2.75) is 44.7 Å². The van der Waals surface area contributed by atoms with Crippen molar-refractivity contribution in [2.75, 3.05) is 11.9 Å². The first-order valence-electron chi connectivity index (χ1n) is 8.77. The molecule has 0 saturated heterocycles. The Bertz CT molecular complexity index is 542. The van der Waals surface area contributed by atoms with E-state index in [0.717, 1.165) is 36.2 Å². The van der Waals surface area contributed by atoms with E-state index in [2.05, 4.69) is 10.3 Å². The van der Waals surface area contributed by atoms with Gasteiger partial charge in [-0.05, 0) is 80.2 Å². The van der Waals surface area contributed by atoms with Gasteiger partial charge in [-0.2, -0.15) is 13.2 Å². The lowest BCUT2D eigenvalue weighted by Crippen LogP contribution is -2.45. The van der Waals surface area contributed by atoms with Crippen LogP contribution < -0.4 is 5.32 Å². The van der Waals surface area contributed by atoms with Crippen molar-refractivity contribution in [2.24, 2.45) is 29.6 Å². The maximum absolute atomic E-state index is 13.0. The zero-order valence-electron chi connectivity index (χ0n) is 13.1. The molecule has 0 aliphatic heterocycles. The summed E-state index contributed by atoms with van der Waals surface area (Å²) in [6.45, 7) is 0.590. The summed E-state index contributed by atoms with van der Waals surface area (Å²) in [6, 6.07) is 2.43. The van der Waals surface area contributed by atoms with Crippen LogP contribution in [0, 0.1) is 29.6 Å². The summed E-state index contributed by atoms with van der Waals surface area (Å²) < 4.78 is 39.0. The van der Waals surface area contributed by atoms with Gasteiger partial charge in [0.1, 0.15) is 5.82 Å². The predicted octanol–water partition coefficient (Wildman–Crippen LogP) is 4.97. The van der Waals surface area contributed by atoms with E-state index in [-0.39, 0.29) is 5.82 Å². The Morgan fingerprint density at radius 2 is 1.70 bits per heavy atom. The van der Waals surface area contributed by atoms with E-state index in [1.165, 1.54) is 44.4 Å². The van der Waals surface area contributed by atoms with Crippen LogP contribution in [-0.4, -0.2) is 11.5 Å². The number of anilines is 1. The highest BCUT2D eigenvalue weighted by Gasteiger charge is 2.47. The zero-order valence-corrected chi connectivity index (χ0v) is 13.1. The Labute approximate surface area is 134 Å². The second-order valence-corrected chi connectivity index (χ2v) is 7.71. The standard InChI is InChI=1S/C18H23F3N2/c19-18(20,21)16-2-1-4-22-17(16)23-5-3-15-13-7-11-6-12(9-13)10-14(15)8-11/h1-2,4,11-15H,3,5-10H2,(H,22,23). The molecule has 0 radical (unpaired) electrons. The van der Waals surface area contributed by atoms with E-state index in [0.29, 0.717) is 12.5 Å². The van der Waals surface area contributed by atoms with Gasteiger partial charge in [-0.3, -0.25) is 0 Å². The quantitative estimate of drug-likeness (QED) is 0.845. The van der Waals surface area contributed by atoms with Gasteiger partial charge in [0.25, 0.3) is 0 Å². The lowest BCUT2D eigenvalue weighted by Gasteiger charge is -2.54. The van der Waals surface area contributed by atoms with Crippen LogP contribution in [-0.2, 0) is 6.18 Å². The summed E-state index contributed by atoms with van der Waals surface area (Å²) in [5.41, 5.74) is -0.662. The van der Waals surface area contributed by atoms with Gasteiger partial charge in [0.2, 0.25) is 0 Å². The SMILES string of the molecule is FC(F)(F)c1cccnc1NCCC1C2CC3CC(C2)CC1C3. The Balaban J connectivity index is 1.38. The first-order chi connectivity index (χ1) is 11.0. The number of hydrogen-bond acceptors (Lipinski definition) is 2. The molecule has 5 heteroatoms. The predicted molar refractivity (Wildman–Crippen MR) is 82.9 cm³/mol. The molecular formula is C18H23F3N2. The Kier molecular flexibility index (Phi) is 3.77. The molecule has 0 unspecified atom stereocenters. The fourth-order valence-corrected chi connectivity index (χ4v) is 5.64. The lowest BCUT2D eigenvalue weighted by atomic mass is 9.51. The van der Waals surface area contributed by atoms with Crippen LogP contribution in [0.15, 0.2) is 18.3 Å². The zero-order chi connectivity index (χ0) is 16.0. The monoisotopic (exact) mass is 324 g/mol. The van der Waals surface area contributed by atoms with Crippen molar-refractivity contribution in [3.8, 4) is 0 Å². The highest BCUT2D eigenvalue weighted by Crippen LogP contribution is 2.57. The number of rotatable bonds is 4. The van der Waals surface area contributed by atoms with Crippen LogP contribution in [0.25, 0.3) is 0 Å². The number of nitrogens with one attached hydrogen (secondary N) is 1. The van der Waals surface area contributed by atoms with Crippen molar-refractivity contribution in [1.29, 1.82) is 0 Å². The van der Waals surface area contributed by atoms with Crippen LogP contribution in [0.3, 0.4) is 0 Å². The first kappa shape index (κ1) is 15.3. The number of pyridine rings is 1. The molecule has 5 rings (SSSR count). The second kappa shape index (κ2) is 5.67. The smallest absolute Gasteiger partial charge is 0.370 e. The molecule has 23 heavy (non-hydrogen) atoms. The van der Waals surface area contributed by atoms with E-state index in [4.69, 9.17) is 0 Å². The number of hydrogen-bond donors (Lipinski definition) is 1. The first-order valence-corrected chi connectivity index (χ1v) is 8.77. The summed E-state index contributed by atoms with van der Waals surface area (Å²) >= 11 is 0. The van der Waals surface area contributed by atoms with Gasteiger partial charge in [-0.25, -0.2) is 4.98 Å². The highest BCUT2D eigenvalue weighted by atomic mass is 19.4. The Morgan fingerprint density at radius 1 is 1.04 bits per heavy atom. The van der Waals surface area contributed by atoms with Crippen LogP contribution in [0.5, 0.6) is 0 Å². The third kappa shape index (κ3) is 2.94. The summed E-state index contributed by atoms with van der Waals surface area (Å²) in [5, 5.41) is 2.95. The topological polar surface area (TPSA) is 24.9 Å². The molecule has 1 heterocycles. The Morgan fingerprint density at radius 3 is 2.30 bits per heavy atom. The molecule has 1 N–H and O–H groups in total. The molecule has 4 fully saturated rings. The normalized spacial score (nSPS) is 35.5. The molecule has 4 aliphatic rings. The summed E-state index contributed by atoms with van der Waals surface area (Å²) in [6.07, 6.45) is 4.90. The molecule has 126 valence electrons. The van der Waals surface area contributed by atoms with Crippen molar-refractivity contribution < 1.29 is 13.2 Å². The van der Waals surface area contributed by atoms with E-state index in [9.17, 15) is 13.2 Å². The fourth-order valence-electron chi connectivity index (χ4n) is 5.64. The molecule has 0 amide bonds. The lowest BCUT2D eigenvalue weighted by molar-refractivity contribution is -0.137. The molecule has 1 aromatic rings. The number of halogens is 3. The van der Waals surface area contributed by atoms with Gasteiger partial charge in [-0.1, -0.05) is 0 Å². The third-order valence-electron chi connectivity index (χ3n) is 6.31. The van der Waals surface area contributed by atoms with E-state index in [1.54, 1.807) is 0 Å². The minimum Gasteiger partial charge on any atom is -0.370 e. The molecule has 4 saturated carbocycles. The maximum Gasteiger partial charge on any atom is 0.419 e. The van der Waals surface area contributed by atoms with Gasteiger partial charge in [0.05, 0.1) is 5.56 Å². The van der Waals surface area contributed by atoms with Crippen molar-refractivity contribution in [3.05, 3.63) is 23.9 Å². The average Bonchev–Trinajstić information content (AvgIpc) is 2.49. The summed E-state index contributed by atoms with van der Waals surface area (Å²) in [4.78, 5) is 3.89. The summed E-state index contributed by atoms with van der Waals surface area (Å²) in [7, 11) is 0. The van der Waals surface area contributed by atoms with Crippen LogP contribution in [0.1, 0.15) is 44.1 Å². The average molecular weight is 324 g/mol. The minimum absolute atomic E-state index is 0.0242. The largest absolute Gasteiger partial charge is 0.419 e. The van der Waals surface area contributed by atoms with Crippen LogP contribution in [0.4, 0.5) is 19.0 Å². The fraction of sp³-hybridized carbons (Fsp3) is 0.722. The molecule has 1 aromatic heterocycles. The van der Waals surface area contributed by atoms with Crippen LogP contribution >= 0.6 is 0 Å². The number of alkyl halides is 3. The van der Waals surface area contributed by atoms with Crippen LogP contribution in [0.2, 0.25) is 0 Å². The van der Waals surface area contributed by atoms with E-state index >= 15 is 0 Å². The Hall–Kier alpha value is -1.26. The van der Waals surface area contributed by atoms with Gasteiger partial charge in [0, 0.05) is 12.7 Å². The van der Waals surface area contributed by atoms with Gasteiger partial charge in [0.15, 0.2) is 0 Å². The van der Waals surface area contributed by atoms with Gasteiger partial charge in [-0.15, -0.1) is 0 Å². The molecule has 4 aliphatic carbocycles. The van der Waals surface area contributed by atoms with Crippen molar-refractivity contribution in [1.82, 2.24) is 4.98 Å². The van der Waals surface area contributed by atoms with E-state index in [1.807, 2.05) is 0 Å². The van der Waals surface area contributed by atoms with Crippen molar-refractivity contribution in [3.63, 3.8) is 0 Å². The molecule has 4 bridgehead atoms. The summed E-state index contributed by atoms with van der Waals surface area (Å²) in [5.74, 6) is 4.19. The maximum atomic E-state index is 13.0. The van der Waals surface area contributed by atoms with Gasteiger partial charge < -0.3 is 5.32 Å². The van der Waals surface area contributed by atoms with Crippen molar-refractivity contribution >= 4 is 5.82 Å². The molecule has 0 aromatic carbocycles. The molecule has 0 spiro atoms. The van der Waals surface area contributed by atoms with Gasteiger partial charge >= 0.3 is 6.18 Å². The number of nitrogens with zero attached hydrogens (tertiary/aromatic N) is 1. The third-order valence-corrected chi connectivity index (χ3v) is 6.31. The number of aromatic nitrogens is 1. The molecule has 0 atom stereocenters.